The van der Waals surface area contributed by atoms with Gasteiger partial charge in [-0.1, -0.05) is 17.7 Å². The number of nitrogens with zero attached hydrogens (tertiary/aromatic N) is 1. The minimum absolute atomic E-state index is 0.512. The third kappa shape index (κ3) is 5.12. The van der Waals surface area contributed by atoms with Crippen LogP contribution < -0.4 is 10.1 Å². The van der Waals surface area contributed by atoms with Crippen LogP contribution in [-0.4, -0.2) is 25.2 Å². The molecule has 0 fully saturated rings. The van der Waals surface area contributed by atoms with E-state index in [2.05, 4.69) is 29.4 Å². The van der Waals surface area contributed by atoms with E-state index in [4.69, 9.17) is 9.47 Å². The van der Waals surface area contributed by atoms with E-state index in [1.165, 1.54) is 5.56 Å². The molecule has 1 N–H and O–H groups in total. The Morgan fingerprint density at radius 2 is 2.14 bits per heavy atom. The van der Waals surface area contributed by atoms with Crippen LogP contribution in [0.1, 0.15) is 21.8 Å². The van der Waals surface area contributed by atoms with E-state index < -0.39 is 0 Å². The predicted molar refractivity (Wildman–Crippen MR) is 85.9 cm³/mol. The van der Waals surface area contributed by atoms with Crippen LogP contribution in [0.15, 0.2) is 23.6 Å². The molecule has 0 saturated carbocycles. The summed E-state index contributed by atoms with van der Waals surface area (Å²) in [6.45, 7) is 6.92. The Hall–Kier alpha value is -1.43. The van der Waals surface area contributed by atoms with E-state index in [0.29, 0.717) is 13.2 Å². The first-order valence-electron chi connectivity index (χ1n) is 7.02. The SMILES string of the molecule is COCCNCc1cc(C)ccc1OCc1csc(C)n1. The van der Waals surface area contributed by atoms with Crippen LogP contribution in [0.4, 0.5) is 0 Å². The van der Waals surface area contributed by atoms with Gasteiger partial charge in [-0.15, -0.1) is 11.3 Å². The molecule has 0 radical (unpaired) electrons. The fraction of sp³-hybridized carbons (Fsp3) is 0.438. The van der Waals surface area contributed by atoms with Crippen LogP contribution in [0, 0.1) is 13.8 Å². The first kappa shape index (κ1) is 15.9. The minimum Gasteiger partial charge on any atom is -0.487 e. The molecule has 0 aliphatic rings. The highest BCUT2D eigenvalue weighted by Crippen LogP contribution is 2.21. The van der Waals surface area contributed by atoms with Gasteiger partial charge in [0.15, 0.2) is 0 Å². The van der Waals surface area contributed by atoms with E-state index in [0.717, 1.165) is 35.1 Å². The first-order valence-corrected chi connectivity index (χ1v) is 7.90. The number of benzene rings is 1. The molecule has 2 aromatic rings. The van der Waals surface area contributed by atoms with E-state index in [1.807, 2.05) is 18.4 Å². The monoisotopic (exact) mass is 306 g/mol. The maximum atomic E-state index is 5.92. The van der Waals surface area contributed by atoms with E-state index in [1.54, 1.807) is 18.4 Å². The molecule has 2 rings (SSSR count). The van der Waals surface area contributed by atoms with Crippen molar-refractivity contribution < 1.29 is 9.47 Å². The summed E-state index contributed by atoms with van der Waals surface area (Å²) < 4.78 is 11.0. The molecule has 0 aliphatic heterocycles. The molecule has 4 nitrogen and oxygen atoms in total. The molecule has 0 amide bonds. The number of rotatable bonds is 8. The maximum Gasteiger partial charge on any atom is 0.131 e. The van der Waals surface area contributed by atoms with Crippen LogP contribution in [-0.2, 0) is 17.9 Å². The van der Waals surface area contributed by atoms with Gasteiger partial charge < -0.3 is 14.8 Å². The Bertz CT molecular complexity index is 569. The third-order valence-corrected chi connectivity index (χ3v) is 3.88. The first-order chi connectivity index (χ1) is 10.2. The van der Waals surface area contributed by atoms with Crippen LogP contribution in [0.5, 0.6) is 5.75 Å². The Morgan fingerprint density at radius 1 is 1.29 bits per heavy atom. The van der Waals surface area contributed by atoms with Gasteiger partial charge in [-0.25, -0.2) is 4.98 Å². The van der Waals surface area contributed by atoms with Gasteiger partial charge in [0, 0.05) is 31.1 Å². The van der Waals surface area contributed by atoms with Crippen molar-refractivity contribution in [2.75, 3.05) is 20.3 Å². The van der Waals surface area contributed by atoms with Crippen LogP contribution in [0.3, 0.4) is 0 Å². The zero-order chi connectivity index (χ0) is 15.1. The van der Waals surface area contributed by atoms with Gasteiger partial charge in [0.05, 0.1) is 17.3 Å². The Kier molecular flexibility index (Phi) is 6.17. The molecular formula is C16H22N2O2S. The average Bonchev–Trinajstić information content (AvgIpc) is 2.88. The highest BCUT2D eigenvalue weighted by molar-refractivity contribution is 7.09. The number of hydrogen-bond donors (Lipinski definition) is 1. The minimum atomic E-state index is 0.512. The van der Waals surface area contributed by atoms with Crippen molar-refractivity contribution in [3.05, 3.63) is 45.4 Å². The molecular weight excluding hydrogens is 284 g/mol. The molecule has 114 valence electrons. The summed E-state index contributed by atoms with van der Waals surface area (Å²) in [4.78, 5) is 4.42. The lowest BCUT2D eigenvalue weighted by Crippen LogP contribution is -2.19. The van der Waals surface area contributed by atoms with Crippen LogP contribution in [0.2, 0.25) is 0 Å². The van der Waals surface area contributed by atoms with Gasteiger partial charge in [0.2, 0.25) is 0 Å². The number of aryl methyl sites for hydroxylation is 2. The Balaban J connectivity index is 1.97. The van der Waals surface area contributed by atoms with Crippen LogP contribution >= 0.6 is 11.3 Å². The molecule has 0 aliphatic carbocycles. The van der Waals surface area contributed by atoms with Gasteiger partial charge in [-0.05, 0) is 19.9 Å². The van der Waals surface area contributed by atoms with Crippen molar-refractivity contribution in [1.82, 2.24) is 10.3 Å². The van der Waals surface area contributed by atoms with Crippen molar-refractivity contribution >= 4 is 11.3 Å². The van der Waals surface area contributed by atoms with Crippen molar-refractivity contribution in [3.8, 4) is 5.75 Å². The maximum absolute atomic E-state index is 5.92. The highest BCUT2D eigenvalue weighted by atomic mass is 32.1. The molecule has 21 heavy (non-hydrogen) atoms. The van der Waals surface area contributed by atoms with Crippen LogP contribution in [0.25, 0.3) is 0 Å². The zero-order valence-corrected chi connectivity index (χ0v) is 13.6. The summed E-state index contributed by atoms with van der Waals surface area (Å²) in [5, 5.41) is 6.46. The molecule has 1 heterocycles. The summed E-state index contributed by atoms with van der Waals surface area (Å²) in [5.74, 6) is 0.913. The van der Waals surface area contributed by atoms with Gasteiger partial charge >= 0.3 is 0 Å². The standard InChI is InChI=1S/C16H22N2O2S/c1-12-4-5-16(14(8-12)9-17-6-7-19-3)20-10-15-11-21-13(2)18-15/h4-5,8,11,17H,6-7,9-10H2,1-3H3. The third-order valence-electron chi connectivity index (χ3n) is 3.06. The van der Waals surface area contributed by atoms with E-state index in [-0.39, 0.29) is 0 Å². The molecule has 1 aromatic carbocycles. The lowest BCUT2D eigenvalue weighted by atomic mass is 10.1. The summed E-state index contributed by atoms with van der Waals surface area (Å²) in [5.41, 5.74) is 3.38. The lowest BCUT2D eigenvalue weighted by molar-refractivity contribution is 0.199. The fourth-order valence-electron chi connectivity index (χ4n) is 2.01. The molecule has 1 aromatic heterocycles. The highest BCUT2D eigenvalue weighted by Gasteiger charge is 2.06. The van der Waals surface area contributed by atoms with E-state index >= 15 is 0 Å². The largest absolute Gasteiger partial charge is 0.487 e. The number of aromatic nitrogens is 1. The fourth-order valence-corrected chi connectivity index (χ4v) is 2.61. The second-order valence-electron chi connectivity index (χ2n) is 4.93. The van der Waals surface area contributed by atoms with Crippen molar-refractivity contribution in [1.29, 1.82) is 0 Å². The second kappa shape index (κ2) is 8.12. The number of thiazole rings is 1. The second-order valence-corrected chi connectivity index (χ2v) is 5.99. The molecule has 0 spiro atoms. The normalized spacial score (nSPS) is 10.8. The Labute approximate surface area is 130 Å². The Morgan fingerprint density at radius 3 is 2.86 bits per heavy atom. The smallest absolute Gasteiger partial charge is 0.131 e. The van der Waals surface area contributed by atoms with Gasteiger partial charge in [0.25, 0.3) is 0 Å². The van der Waals surface area contributed by atoms with Crippen molar-refractivity contribution in [2.45, 2.75) is 27.0 Å². The van der Waals surface area contributed by atoms with E-state index in [9.17, 15) is 0 Å². The molecule has 5 heteroatoms. The molecule has 0 atom stereocenters. The molecule has 0 saturated heterocycles. The van der Waals surface area contributed by atoms with Gasteiger partial charge in [-0.3, -0.25) is 0 Å². The number of hydrogen-bond acceptors (Lipinski definition) is 5. The van der Waals surface area contributed by atoms with Gasteiger partial charge in [0.1, 0.15) is 12.4 Å². The average molecular weight is 306 g/mol. The quantitative estimate of drug-likeness (QED) is 0.761. The summed E-state index contributed by atoms with van der Waals surface area (Å²) >= 11 is 1.65. The summed E-state index contributed by atoms with van der Waals surface area (Å²) in [6.07, 6.45) is 0. The molecule has 0 unspecified atom stereocenters. The number of ether oxygens (including phenoxy) is 2. The number of methoxy groups -OCH3 is 1. The van der Waals surface area contributed by atoms with Crippen molar-refractivity contribution in [2.24, 2.45) is 0 Å². The molecule has 0 bridgehead atoms. The summed E-state index contributed by atoms with van der Waals surface area (Å²) in [6, 6.07) is 6.25. The lowest BCUT2D eigenvalue weighted by Gasteiger charge is -2.12. The number of nitrogens with one attached hydrogen (secondary N) is 1. The predicted octanol–water partition coefficient (Wildman–Crippen LogP) is 3.07. The summed E-state index contributed by atoms with van der Waals surface area (Å²) in [7, 11) is 1.71. The topological polar surface area (TPSA) is 43.4 Å². The van der Waals surface area contributed by atoms with Crippen molar-refractivity contribution in [3.63, 3.8) is 0 Å². The van der Waals surface area contributed by atoms with Gasteiger partial charge in [-0.2, -0.15) is 0 Å². The zero-order valence-electron chi connectivity index (χ0n) is 12.8.